The maximum Gasteiger partial charge on any atom is 0.251 e. The number of carbonyl (C=O) groups excluding carboxylic acids is 1. The molecule has 5 nitrogen and oxygen atoms in total. The number of benzene rings is 1. The summed E-state index contributed by atoms with van der Waals surface area (Å²) in [6.07, 6.45) is 3.50. The van der Waals surface area contributed by atoms with Gasteiger partial charge < -0.3 is 5.32 Å². The third kappa shape index (κ3) is 2.14. The number of aromatic nitrogens is 3. The van der Waals surface area contributed by atoms with E-state index in [-0.39, 0.29) is 5.91 Å². The molecule has 3 aromatic rings. The predicted molar refractivity (Wildman–Crippen MR) is 77.3 cm³/mol. The lowest BCUT2D eigenvalue weighted by Crippen LogP contribution is -2.22. The van der Waals surface area contributed by atoms with Gasteiger partial charge in [-0.2, -0.15) is 5.10 Å². The summed E-state index contributed by atoms with van der Waals surface area (Å²) in [5, 5.41) is 11.0. The van der Waals surface area contributed by atoms with Crippen molar-refractivity contribution in [1.82, 2.24) is 20.5 Å². The van der Waals surface area contributed by atoms with Gasteiger partial charge in [0.05, 0.1) is 5.52 Å². The molecule has 20 heavy (non-hydrogen) atoms. The van der Waals surface area contributed by atoms with Crippen LogP contribution in [0.5, 0.6) is 0 Å². The highest BCUT2D eigenvalue weighted by molar-refractivity contribution is 6.00. The summed E-state index contributed by atoms with van der Waals surface area (Å²) in [6.45, 7) is 2.51. The Morgan fingerprint density at radius 1 is 1.35 bits per heavy atom. The average Bonchev–Trinajstić information content (AvgIpc) is 2.91. The summed E-state index contributed by atoms with van der Waals surface area (Å²) in [7, 11) is 0. The van der Waals surface area contributed by atoms with Crippen molar-refractivity contribution in [3.05, 3.63) is 48.3 Å². The van der Waals surface area contributed by atoms with Crippen molar-refractivity contribution in [3.8, 4) is 11.3 Å². The normalized spacial score (nSPS) is 10.7. The van der Waals surface area contributed by atoms with E-state index in [1.54, 1.807) is 12.4 Å². The molecule has 2 N–H and O–H groups in total. The van der Waals surface area contributed by atoms with Crippen LogP contribution in [0.1, 0.15) is 17.3 Å². The van der Waals surface area contributed by atoms with Crippen molar-refractivity contribution in [1.29, 1.82) is 0 Å². The lowest BCUT2D eigenvalue weighted by Gasteiger charge is -2.02. The quantitative estimate of drug-likeness (QED) is 0.764. The molecule has 0 fully saturated rings. The number of hydrogen-bond donors (Lipinski definition) is 2. The molecule has 0 radical (unpaired) electrons. The monoisotopic (exact) mass is 266 g/mol. The number of nitrogens with zero attached hydrogens (tertiary/aromatic N) is 2. The van der Waals surface area contributed by atoms with E-state index >= 15 is 0 Å². The van der Waals surface area contributed by atoms with Crippen molar-refractivity contribution < 1.29 is 4.79 Å². The van der Waals surface area contributed by atoms with Crippen molar-refractivity contribution in [2.24, 2.45) is 0 Å². The van der Waals surface area contributed by atoms with Crippen LogP contribution in [0, 0.1) is 0 Å². The largest absolute Gasteiger partial charge is 0.352 e. The third-order valence-corrected chi connectivity index (χ3v) is 3.10. The Balaban J connectivity index is 2.05. The van der Waals surface area contributed by atoms with E-state index in [0.717, 1.165) is 22.2 Å². The van der Waals surface area contributed by atoms with Gasteiger partial charge in [-0.1, -0.05) is 0 Å². The SMILES string of the molecule is CCNC(=O)c1ccc2c(-c3cccnc3)n[nH]c2c1. The van der Waals surface area contributed by atoms with Gasteiger partial charge in [-0.25, -0.2) is 0 Å². The Morgan fingerprint density at radius 2 is 2.25 bits per heavy atom. The van der Waals surface area contributed by atoms with Crippen molar-refractivity contribution >= 4 is 16.8 Å². The highest BCUT2D eigenvalue weighted by Gasteiger charge is 2.11. The van der Waals surface area contributed by atoms with E-state index in [0.29, 0.717) is 12.1 Å². The molecule has 2 heterocycles. The Kier molecular flexibility index (Phi) is 3.16. The number of hydrogen-bond acceptors (Lipinski definition) is 3. The van der Waals surface area contributed by atoms with Crippen LogP contribution in [0.3, 0.4) is 0 Å². The lowest BCUT2D eigenvalue weighted by molar-refractivity contribution is 0.0956. The van der Waals surface area contributed by atoms with E-state index in [2.05, 4.69) is 20.5 Å². The fourth-order valence-electron chi connectivity index (χ4n) is 2.15. The fraction of sp³-hybridized carbons (Fsp3) is 0.133. The van der Waals surface area contributed by atoms with Gasteiger partial charge in [-0.3, -0.25) is 14.9 Å². The second-order valence-electron chi connectivity index (χ2n) is 4.43. The van der Waals surface area contributed by atoms with Crippen molar-refractivity contribution in [2.75, 3.05) is 6.54 Å². The molecule has 0 saturated heterocycles. The minimum absolute atomic E-state index is 0.0769. The van der Waals surface area contributed by atoms with Crippen LogP contribution in [-0.4, -0.2) is 27.6 Å². The van der Waals surface area contributed by atoms with E-state index in [1.807, 2.05) is 37.3 Å². The molecule has 0 aliphatic heterocycles. The molecule has 0 aliphatic rings. The first-order valence-corrected chi connectivity index (χ1v) is 6.46. The summed E-state index contributed by atoms with van der Waals surface area (Å²) in [4.78, 5) is 15.9. The van der Waals surface area contributed by atoms with Crippen LogP contribution < -0.4 is 5.32 Å². The van der Waals surface area contributed by atoms with E-state index in [4.69, 9.17) is 0 Å². The van der Waals surface area contributed by atoms with Crippen LogP contribution in [-0.2, 0) is 0 Å². The Labute approximate surface area is 116 Å². The third-order valence-electron chi connectivity index (χ3n) is 3.10. The first-order chi connectivity index (χ1) is 9.79. The smallest absolute Gasteiger partial charge is 0.251 e. The van der Waals surface area contributed by atoms with Crippen molar-refractivity contribution in [2.45, 2.75) is 6.92 Å². The number of nitrogens with one attached hydrogen (secondary N) is 2. The van der Waals surface area contributed by atoms with Crippen molar-refractivity contribution in [3.63, 3.8) is 0 Å². The molecule has 0 atom stereocenters. The standard InChI is InChI=1S/C15H14N4O/c1-2-17-15(20)10-5-6-12-13(8-10)18-19-14(12)11-4-3-7-16-9-11/h3-9H,2H2,1H3,(H,17,20)(H,18,19). The van der Waals surface area contributed by atoms with E-state index in [1.165, 1.54) is 0 Å². The predicted octanol–water partition coefficient (Wildman–Crippen LogP) is 2.37. The molecule has 0 aliphatic carbocycles. The van der Waals surface area contributed by atoms with Gasteiger partial charge >= 0.3 is 0 Å². The topological polar surface area (TPSA) is 70.7 Å². The number of aromatic amines is 1. The molecule has 0 spiro atoms. The summed E-state index contributed by atoms with van der Waals surface area (Å²) in [5.41, 5.74) is 3.26. The van der Waals surface area contributed by atoms with Crippen LogP contribution >= 0.6 is 0 Å². The van der Waals surface area contributed by atoms with Gasteiger partial charge in [-0.05, 0) is 37.3 Å². The van der Waals surface area contributed by atoms with Gasteiger partial charge in [0.25, 0.3) is 5.91 Å². The Bertz CT molecular complexity index is 749. The van der Waals surface area contributed by atoms with E-state index < -0.39 is 0 Å². The fourth-order valence-corrected chi connectivity index (χ4v) is 2.15. The van der Waals surface area contributed by atoms with Crippen LogP contribution in [0.15, 0.2) is 42.7 Å². The maximum absolute atomic E-state index is 11.8. The Morgan fingerprint density at radius 3 is 3.00 bits per heavy atom. The summed E-state index contributed by atoms with van der Waals surface area (Å²) in [6, 6.07) is 9.36. The second-order valence-corrected chi connectivity index (χ2v) is 4.43. The molecular formula is C15H14N4O. The Hall–Kier alpha value is -2.69. The maximum atomic E-state index is 11.8. The molecule has 3 rings (SSSR count). The first-order valence-electron chi connectivity index (χ1n) is 6.46. The minimum atomic E-state index is -0.0769. The van der Waals surface area contributed by atoms with Gasteiger partial charge in [0.1, 0.15) is 5.69 Å². The zero-order valence-corrected chi connectivity index (χ0v) is 11.1. The molecule has 100 valence electrons. The molecule has 2 aromatic heterocycles. The van der Waals surface area contributed by atoms with Gasteiger partial charge in [-0.15, -0.1) is 0 Å². The summed E-state index contributed by atoms with van der Waals surface area (Å²) in [5.74, 6) is -0.0769. The molecule has 0 unspecified atom stereocenters. The molecule has 5 heteroatoms. The number of pyridine rings is 1. The molecule has 0 saturated carbocycles. The highest BCUT2D eigenvalue weighted by Crippen LogP contribution is 2.26. The molecule has 1 amide bonds. The number of fused-ring (bicyclic) bond motifs is 1. The summed E-state index contributed by atoms with van der Waals surface area (Å²) >= 11 is 0. The minimum Gasteiger partial charge on any atom is -0.352 e. The van der Waals surface area contributed by atoms with Crippen LogP contribution in [0.2, 0.25) is 0 Å². The summed E-state index contributed by atoms with van der Waals surface area (Å²) < 4.78 is 0. The van der Waals surface area contributed by atoms with E-state index in [9.17, 15) is 4.79 Å². The average molecular weight is 266 g/mol. The van der Waals surface area contributed by atoms with Gasteiger partial charge in [0, 0.05) is 35.5 Å². The van der Waals surface area contributed by atoms with Crippen LogP contribution in [0.25, 0.3) is 22.2 Å². The number of amides is 1. The number of H-pyrrole nitrogens is 1. The zero-order valence-electron chi connectivity index (χ0n) is 11.1. The number of rotatable bonds is 3. The van der Waals surface area contributed by atoms with Gasteiger partial charge in [0.2, 0.25) is 0 Å². The van der Waals surface area contributed by atoms with Gasteiger partial charge in [0.15, 0.2) is 0 Å². The second kappa shape index (κ2) is 5.13. The zero-order chi connectivity index (χ0) is 13.9. The molecule has 1 aromatic carbocycles. The number of carbonyl (C=O) groups is 1. The highest BCUT2D eigenvalue weighted by atomic mass is 16.1. The molecule has 0 bridgehead atoms. The van der Waals surface area contributed by atoms with Crippen LogP contribution in [0.4, 0.5) is 0 Å². The first kappa shape index (κ1) is 12.3. The lowest BCUT2D eigenvalue weighted by atomic mass is 10.1. The molecular weight excluding hydrogens is 252 g/mol.